The Bertz CT molecular complexity index is 524. The summed E-state index contributed by atoms with van der Waals surface area (Å²) in [6.07, 6.45) is -0.365. The first kappa shape index (κ1) is 16.3. The van der Waals surface area contributed by atoms with Gasteiger partial charge in [0.15, 0.2) is 0 Å². The fourth-order valence-corrected chi connectivity index (χ4v) is 3.69. The minimum Gasteiger partial charge on any atom is -0.497 e. The first-order valence-corrected chi connectivity index (χ1v) is 7.86. The van der Waals surface area contributed by atoms with E-state index in [1.54, 1.807) is 18.2 Å². The van der Waals surface area contributed by atoms with Crippen LogP contribution >= 0.6 is 23.4 Å². The second-order valence-electron chi connectivity index (χ2n) is 4.73. The predicted octanol–water partition coefficient (Wildman–Crippen LogP) is 2.38. The minimum atomic E-state index is -1.37. The molecule has 1 aliphatic heterocycles. The number of fused-ring (bicyclic) bond motifs is 1. The number of carboxylic acid groups (broad SMARTS) is 1. The number of aliphatic hydroxyl groups is 1. The number of carbonyl (C=O) groups is 1. The van der Waals surface area contributed by atoms with Crippen molar-refractivity contribution in [1.29, 1.82) is 0 Å². The lowest BCUT2D eigenvalue weighted by atomic mass is 9.96. The first-order valence-electron chi connectivity index (χ1n) is 6.51. The van der Waals surface area contributed by atoms with Crippen LogP contribution in [0.2, 0.25) is 0 Å². The number of carboxylic acids is 1. The molecule has 0 saturated carbocycles. The quantitative estimate of drug-likeness (QED) is 0.806. The Morgan fingerprint density at radius 1 is 1.62 bits per heavy atom. The lowest BCUT2D eigenvalue weighted by Crippen LogP contribution is -2.48. The van der Waals surface area contributed by atoms with Crippen LogP contribution in [0.1, 0.15) is 12.8 Å². The summed E-state index contributed by atoms with van der Waals surface area (Å²) in [5, 5.41) is 19.9. The molecule has 116 valence electrons. The number of hydrogen-bond donors (Lipinski definition) is 2. The van der Waals surface area contributed by atoms with Gasteiger partial charge in [0.1, 0.15) is 29.0 Å². The monoisotopic (exact) mass is 332 g/mol. The van der Waals surface area contributed by atoms with Gasteiger partial charge in [0.25, 0.3) is 0 Å². The molecular weight excluding hydrogens is 316 g/mol. The molecule has 0 aromatic heterocycles. The number of alkyl halides is 1. The lowest BCUT2D eigenvalue weighted by molar-refractivity contribution is -0.144. The van der Waals surface area contributed by atoms with Crippen molar-refractivity contribution in [1.82, 2.24) is 0 Å². The van der Waals surface area contributed by atoms with Gasteiger partial charge in [-0.1, -0.05) is 0 Å². The molecule has 1 aliphatic rings. The molecule has 2 unspecified atom stereocenters. The van der Waals surface area contributed by atoms with Gasteiger partial charge in [-0.3, -0.25) is 4.79 Å². The van der Waals surface area contributed by atoms with Crippen molar-refractivity contribution in [2.45, 2.75) is 28.6 Å². The van der Waals surface area contributed by atoms with Crippen LogP contribution in [0.5, 0.6) is 11.5 Å². The van der Waals surface area contributed by atoms with Crippen LogP contribution in [0.4, 0.5) is 0 Å². The van der Waals surface area contributed by atoms with Gasteiger partial charge < -0.3 is 19.7 Å². The fourth-order valence-electron chi connectivity index (χ4n) is 2.22. The molecule has 1 heterocycles. The number of rotatable bonds is 5. The van der Waals surface area contributed by atoms with Crippen molar-refractivity contribution in [3.63, 3.8) is 0 Å². The van der Waals surface area contributed by atoms with Gasteiger partial charge in [-0.25, -0.2) is 0 Å². The van der Waals surface area contributed by atoms with E-state index in [9.17, 15) is 15.0 Å². The van der Waals surface area contributed by atoms with Gasteiger partial charge in [0.2, 0.25) is 0 Å². The van der Waals surface area contributed by atoms with Crippen LogP contribution in [0.15, 0.2) is 23.1 Å². The Labute approximate surface area is 132 Å². The second kappa shape index (κ2) is 6.77. The molecule has 2 rings (SSSR count). The average molecular weight is 333 g/mol. The Balaban J connectivity index is 2.42. The maximum atomic E-state index is 11.8. The third-order valence-electron chi connectivity index (χ3n) is 3.42. The summed E-state index contributed by atoms with van der Waals surface area (Å²) in [6, 6.07) is 5.17. The van der Waals surface area contributed by atoms with Crippen LogP contribution in [0.3, 0.4) is 0 Å². The number of aliphatic carboxylic acids is 1. The Kier molecular flexibility index (Phi) is 5.24. The van der Waals surface area contributed by atoms with E-state index < -0.39 is 16.8 Å². The van der Waals surface area contributed by atoms with E-state index >= 15 is 0 Å². The highest BCUT2D eigenvalue weighted by Gasteiger charge is 2.48. The molecule has 0 amide bonds. The van der Waals surface area contributed by atoms with Crippen molar-refractivity contribution in [2.75, 3.05) is 19.6 Å². The predicted molar refractivity (Wildman–Crippen MR) is 80.7 cm³/mol. The van der Waals surface area contributed by atoms with Crippen molar-refractivity contribution in [3.05, 3.63) is 18.2 Å². The van der Waals surface area contributed by atoms with Gasteiger partial charge in [0, 0.05) is 5.88 Å². The van der Waals surface area contributed by atoms with E-state index in [-0.39, 0.29) is 13.0 Å². The number of aliphatic hydroxyl groups excluding tert-OH is 1. The summed E-state index contributed by atoms with van der Waals surface area (Å²) in [4.78, 5) is 12.4. The van der Waals surface area contributed by atoms with E-state index in [2.05, 4.69) is 0 Å². The summed E-state index contributed by atoms with van der Waals surface area (Å²) in [6.45, 7) is -0.0685. The summed E-state index contributed by atoms with van der Waals surface area (Å²) >= 11 is 6.79. The number of benzene rings is 1. The smallest absolute Gasteiger partial charge is 0.322 e. The standard InChI is InChI=1S/C14H17ClO5S/c1-19-9-3-4-10-11(7-9)21-14(13(17)18,5-2-6-15)12(16)8-20-10/h3-4,7,12,16H,2,5-6,8H2,1H3,(H,17,18). The number of thioether (sulfide) groups is 1. The number of ether oxygens (including phenoxy) is 2. The molecule has 0 saturated heterocycles. The molecule has 1 aromatic rings. The summed E-state index contributed by atoms with van der Waals surface area (Å²) < 4.78 is 9.31. The average Bonchev–Trinajstić information content (AvgIpc) is 2.62. The Morgan fingerprint density at radius 2 is 2.38 bits per heavy atom. The summed E-state index contributed by atoms with van der Waals surface area (Å²) in [5.41, 5.74) is 0. The zero-order valence-electron chi connectivity index (χ0n) is 11.5. The molecular formula is C14H17ClO5S. The molecule has 0 aliphatic carbocycles. The van der Waals surface area contributed by atoms with Crippen LogP contribution in [0, 0.1) is 0 Å². The lowest BCUT2D eigenvalue weighted by Gasteiger charge is -2.30. The summed E-state index contributed by atoms with van der Waals surface area (Å²) in [7, 11) is 1.54. The van der Waals surface area contributed by atoms with Crippen LogP contribution in [-0.4, -0.2) is 46.6 Å². The minimum absolute atomic E-state index is 0.0685. The summed E-state index contributed by atoms with van der Waals surface area (Å²) in [5.74, 6) is 0.435. The molecule has 21 heavy (non-hydrogen) atoms. The highest BCUT2D eigenvalue weighted by Crippen LogP contribution is 2.47. The zero-order valence-corrected chi connectivity index (χ0v) is 13.1. The van der Waals surface area contributed by atoms with Gasteiger partial charge in [-0.2, -0.15) is 0 Å². The highest BCUT2D eigenvalue weighted by atomic mass is 35.5. The van der Waals surface area contributed by atoms with Crippen molar-refractivity contribution in [2.24, 2.45) is 0 Å². The SMILES string of the molecule is COc1ccc2c(c1)SC(CCCCl)(C(=O)O)C(O)CO2. The van der Waals surface area contributed by atoms with Crippen LogP contribution < -0.4 is 9.47 Å². The number of methoxy groups -OCH3 is 1. The molecule has 0 spiro atoms. The second-order valence-corrected chi connectivity index (χ2v) is 6.48. The van der Waals surface area contributed by atoms with E-state index in [1.165, 1.54) is 7.11 Å². The Hall–Kier alpha value is -1.11. The molecule has 5 nitrogen and oxygen atoms in total. The molecule has 0 radical (unpaired) electrons. The molecule has 7 heteroatoms. The fraction of sp³-hybridized carbons (Fsp3) is 0.500. The van der Waals surface area contributed by atoms with E-state index in [1.807, 2.05) is 0 Å². The number of halogens is 1. The molecule has 1 aromatic carbocycles. The maximum absolute atomic E-state index is 11.8. The topological polar surface area (TPSA) is 76.0 Å². The normalized spacial score (nSPS) is 24.6. The molecule has 0 bridgehead atoms. The van der Waals surface area contributed by atoms with Crippen LogP contribution in [-0.2, 0) is 4.79 Å². The van der Waals surface area contributed by atoms with E-state index in [4.69, 9.17) is 21.1 Å². The van der Waals surface area contributed by atoms with E-state index in [0.29, 0.717) is 28.7 Å². The first-order chi connectivity index (χ1) is 10.0. The highest BCUT2D eigenvalue weighted by molar-refractivity contribution is 8.01. The largest absolute Gasteiger partial charge is 0.497 e. The number of hydrogen-bond acceptors (Lipinski definition) is 5. The van der Waals surface area contributed by atoms with Crippen molar-refractivity contribution in [3.8, 4) is 11.5 Å². The zero-order chi connectivity index (χ0) is 15.5. The maximum Gasteiger partial charge on any atom is 0.322 e. The molecule has 0 fully saturated rings. The van der Waals surface area contributed by atoms with Crippen LogP contribution in [0.25, 0.3) is 0 Å². The molecule has 2 atom stereocenters. The van der Waals surface area contributed by atoms with Crippen molar-refractivity contribution >= 4 is 29.3 Å². The third kappa shape index (κ3) is 3.22. The van der Waals surface area contributed by atoms with Gasteiger partial charge in [-0.05, 0) is 31.0 Å². The molecule has 2 N–H and O–H groups in total. The third-order valence-corrected chi connectivity index (χ3v) is 5.24. The van der Waals surface area contributed by atoms with Gasteiger partial charge in [-0.15, -0.1) is 23.4 Å². The van der Waals surface area contributed by atoms with Gasteiger partial charge >= 0.3 is 5.97 Å². The van der Waals surface area contributed by atoms with Gasteiger partial charge in [0.05, 0.1) is 12.0 Å². The Morgan fingerprint density at radius 3 is 3.00 bits per heavy atom. The van der Waals surface area contributed by atoms with Crippen molar-refractivity contribution < 1.29 is 24.5 Å². The van der Waals surface area contributed by atoms with E-state index in [0.717, 1.165) is 11.8 Å².